The quantitative estimate of drug-likeness (QED) is 0.0428. The fourth-order valence-electron chi connectivity index (χ4n) is 5.46. The zero-order valence-electron chi connectivity index (χ0n) is 35.8. The number of ether oxygens (including phenoxy) is 8. The van der Waals surface area contributed by atoms with Gasteiger partial charge in [-0.2, -0.15) is 0 Å². The number of rotatable bonds is 39. The molecule has 62 heavy (non-hydrogen) atoms. The number of anilines is 1. The topological polar surface area (TPSA) is 225 Å². The Kier molecular flexibility index (Phi) is 28.1. The summed E-state index contributed by atoms with van der Waals surface area (Å²) in [5.41, 5.74) is 7.51. The van der Waals surface area contributed by atoms with Gasteiger partial charge in [-0.05, 0) is 74.3 Å². The normalized spacial score (nSPS) is 12.2. The van der Waals surface area contributed by atoms with Crippen molar-refractivity contribution in [2.75, 3.05) is 137 Å². The number of carbonyl (C=O) groups excluding carboxylic acids is 5. The second-order valence-electron chi connectivity index (χ2n) is 13.7. The minimum atomic E-state index is -0.409. The van der Waals surface area contributed by atoms with Crippen LogP contribution in [0.1, 0.15) is 48.0 Å². The first-order chi connectivity index (χ1) is 30.4. The van der Waals surface area contributed by atoms with Crippen LogP contribution in [0.2, 0.25) is 0 Å². The van der Waals surface area contributed by atoms with Crippen molar-refractivity contribution in [2.24, 2.45) is 5.73 Å². The molecule has 0 saturated carbocycles. The van der Waals surface area contributed by atoms with E-state index in [1.165, 1.54) is 12.2 Å². The van der Waals surface area contributed by atoms with Gasteiger partial charge in [0, 0.05) is 81.2 Å². The molecule has 4 amide bonds. The molecule has 0 fully saturated rings. The minimum absolute atomic E-state index is 0.0357. The maximum Gasteiger partial charge on any atom is 0.253 e. The highest BCUT2D eigenvalue weighted by molar-refractivity contribution is 6.13. The van der Waals surface area contributed by atoms with E-state index in [2.05, 4.69) is 16.0 Å². The summed E-state index contributed by atoms with van der Waals surface area (Å²) in [6, 6.07) is 14.4. The summed E-state index contributed by atoms with van der Waals surface area (Å²) < 4.78 is 44.0. The number of nitrogens with zero attached hydrogens (tertiary/aromatic N) is 1. The number of carbonyl (C=O) groups is 5. The van der Waals surface area contributed by atoms with Crippen molar-refractivity contribution >= 4 is 35.1 Å². The van der Waals surface area contributed by atoms with Crippen LogP contribution in [0, 0.1) is 0 Å². The molecule has 2 aromatic rings. The van der Waals surface area contributed by atoms with E-state index in [0.29, 0.717) is 135 Å². The highest BCUT2D eigenvalue weighted by atomic mass is 16.6. The van der Waals surface area contributed by atoms with Crippen LogP contribution in [0.5, 0.6) is 5.75 Å². The monoisotopic (exact) mass is 871 g/mol. The first kappa shape index (κ1) is 51.6. The molecule has 0 spiro atoms. The maximum atomic E-state index is 13.0. The Morgan fingerprint density at radius 1 is 0.500 bits per heavy atom. The number of hydrogen-bond acceptors (Lipinski definition) is 15. The molecule has 0 radical (unpaired) electrons. The summed E-state index contributed by atoms with van der Waals surface area (Å²) >= 11 is 0. The Bertz CT molecular complexity index is 1580. The molecule has 0 bridgehead atoms. The van der Waals surface area contributed by atoms with Crippen LogP contribution in [-0.2, 0) is 52.3 Å². The summed E-state index contributed by atoms with van der Waals surface area (Å²) in [5, 5.41) is 8.87. The first-order valence-corrected chi connectivity index (χ1v) is 21.3. The molecule has 0 aliphatic carbocycles. The lowest BCUT2D eigenvalue weighted by Crippen LogP contribution is -2.35. The Morgan fingerprint density at radius 2 is 0.968 bits per heavy atom. The van der Waals surface area contributed by atoms with Gasteiger partial charge in [-0.15, -0.1) is 0 Å². The van der Waals surface area contributed by atoms with E-state index in [1.54, 1.807) is 24.3 Å². The third-order valence-corrected chi connectivity index (χ3v) is 8.83. The third-order valence-electron chi connectivity index (χ3n) is 8.83. The zero-order chi connectivity index (χ0) is 44.3. The highest BCUT2D eigenvalue weighted by Gasteiger charge is 2.23. The molecule has 0 unspecified atom stereocenters. The van der Waals surface area contributed by atoms with Crippen molar-refractivity contribution in [3.8, 4) is 5.75 Å². The molecule has 344 valence electrons. The van der Waals surface area contributed by atoms with E-state index in [9.17, 15) is 24.0 Å². The Balaban J connectivity index is 1.07. The van der Waals surface area contributed by atoms with Gasteiger partial charge < -0.3 is 59.6 Å². The SMILES string of the molecule is NCCCOCCOCCOCCCNc1ccc(C(=O)c2ccc(OCCCNC(=O)CCOCCOCCOCCOCCNC(=O)CCN3C(=O)C=CC3=O)cc2)cc1. The molecular weight excluding hydrogens is 807 g/mol. The number of imide groups is 1. The molecule has 0 aromatic heterocycles. The van der Waals surface area contributed by atoms with Crippen molar-refractivity contribution in [2.45, 2.75) is 32.1 Å². The molecule has 1 aliphatic heterocycles. The van der Waals surface area contributed by atoms with Gasteiger partial charge in [-0.3, -0.25) is 28.9 Å². The third kappa shape index (κ3) is 24.0. The summed E-state index contributed by atoms with van der Waals surface area (Å²) in [5.74, 6) is -0.629. The van der Waals surface area contributed by atoms with E-state index in [-0.39, 0.29) is 43.6 Å². The minimum Gasteiger partial charge on any atom is -0.494 e. The molecular formula is C44H65N5O13. The lowest BCUT2D eigenvalue weighted by atomic mass is 10.0. The number of nitrogens with one attached hydrogen (secondary N) is 3. The summed E-state index contributed by atoms with van der Waals surface area (Å²) in [4.78, 5) is 60.9. The number of ketones is 1. The van der Waals surface area contributed by atoms with Gasteiger partial charge in [0.1, 0.15) is 5.75 Å². The summed E-state index contributed by atoms with van der Waals surface area (Å²) in [6.45, 7) is 8.90. The van der Waals surface area contributed by atoms with Gasteiger partial charge >= 0.3 is 0 Å². The average Bonchev–Trinajstić information content (AvgIpc) is 3.61. The second kappa shape index (κ2) is 33.8. The highest BCUT2D eigenvalue weighted by Crippen LogP contribution is 2.17. The van der Waals surface area contributed by atoms with Gasteiger partial charge in [0.05, 0.1) is 85.9 Å². The standard InChI is InChI=1S/C44H65N5O13/c45-16-1-21-55-26-30-59-31-27-56-22-2-17-46-38-8-4-36(5-9-38)44(54)37-6-10-39(11-7-37)62-23-3-18-47-41(51)15-24-57-28-32-60-34-35-61-33-29-58-25-19-48-40(50)14-20-49-42(52)12-13-43(49)53/h4-13,46H,1-3,14-35,45H2,(H,47,51)(H,48,50). The van der Waals surface area contributed by atoms with Crippen molar-refractivity contribution < 1.29 is 61.9 Å². The van der Waals surface area contributed by atoms with Gasteiger partial charge in [0.25, 0.3) is 11.8 Å². The zero-order valence-corrected chi connectivity index (χ0v) is 35.8. The molecule has 18 heteroatoms. The molecule has 0 saturated heterocycles. The fourth-order valence-corrected chi connectivity index (χ4v) is 5.46. The first-order valence-electron chi connectivity index (χ1n) is 21.3. The molecule has 1 heterocycles. The van der Waals surface area contributed by atoms with Gasteiger partial charge in [0.15, 0.2) is 5.78 Å². The van der Waals surface area contributed by atoms with Gasteiger partial charge in [0.2, 0.25) is 11.8 Å². The van der Waals surface area contributed by atoms with Crippen LogP contribution in [0.3, 0.4) is 0 Å². The van der Waals surface area contributed by atoms with Crippen molar-refractivity contribution in [1.82, 2.24) is 15.5 Å². The Morgan fingerprint density at radius 3 is 1.55 bits per heavy atom. The van der Waals surface area contributed by atoms with E-state index in [4.69, 9.17) is 43.6 Å². The maximum absolute atomic E-state index is 13.0. The van der Waals surface area contributed by atoms with Crippen molar-refractivity contribution in [1.29, 1.82) is 0 Å². The number of amides is 4. The van der Waals surface area contributed by atoms with E-state index in [0.717, 1.165) is 30.0 Å². The summed E-state index contributed by atoms with van der Waals surface area (Å²) in [7, 11) is 0. The molecule has 5 N–H and O–H groups in total. The average molecular weight is 872 g/mol. The van der Waals surface area contributed by atoms with Crippen LogP contribution in [0.4, 0.5) is 5.69 Å². The lowest BCUT2D eigenvalue weighted by Gasteiger charge is -2.13. The molecule has 18 nitrogen and oxygen atoms in total. The van der Waals surface area contributed by atoms with E-state index < -0.39 is 11.8 Å². The van der Waals surface area contributed by atoms with Gasteiger partial charge in [-0.25, -0.2) is 0 Å². The van der Waals surface area contributed by atoms with E-state index in [1.807, 2.05) is 24.3 Å². The van der Waals surface area contributed by atoms with Crippen LogP contribution in [0.15, 0.2) is 60.7 Å². The molecule has 3 rings (SSSR count). The Hall–Kier alpha value is -4.79. The van der Waals surface area contributed by atoms with Crippen LogP contribution < -0.4 is 26.4 Å². The fraction of sp³-hybridized carbons (Fsp3) is 0.568. The molecule has 0 atom stereocenters. The largest absolute Gasteiger partial charge is 0.494 e. The second-order valence-corrected chi connectivity index (χ2v) is 13.7. The van der Waals surface area contributed by atoms with Crippen LogP contribution in [0.25, 0.3) is 0 Å². The van der Waals surface area contributed by atoms with Crippen LogP contribution >= 0.6 is 0 Å². The van der Waals surface area contributed by atoms with Crippen molar-refractivity contribution in [3.63, 3.8) is 0 Å². The number of nitrogens with two attached hydrogens (primary N) is 1. The summed E-state index contributed by atoms with van der Waals surface area (Å²) in [6.07, 6.45) is 4.96. The predicted molar refractivity (Wildman–Crippen MR) is 230 cm³/mol. The van der Waals surface area contributed by atoms with Crippen LogP contribution in [-0.4, -0.2) is 166 Å². The smallest absolute Gasteiger partial charge is 0.253 e. The molecule has 2 aromatic carbocycles. The van der Waals surface area contributed by atoms with Crippen molar-refractivity contribution in [3.05, 3.63) is 71.8 Å². The predicted octanol–water partition coefficient (Wildman–Crippen LogP) is 1.89. The van der Waals surface area contributed by atoms with Gasteiger partial charge in [-0.1, -0.05) is 0 Å². The Labute approximate surface area is 364 Å². The van der Waals surface area contributed by atoms with E-state index >= 15 is 0 Å². The molecule has 1 aliphatic rings. The number of hydrogen-bond donors (Lipinski definition) is 4. The lowest BCUT2D eigenvalue weighted by molar-refractivity contribution is -0.137. The number of benzene rings is 2.